The number of carboxylic acid groups (broad SMARTS) is 1. The Morgan fingerprint density at radius 1 is 1.64 bits per heavy atom. The van der Waals surface area contributed by atoms with Crippen molar-refractivity contribution in [3.63, 3.8) is 0 Å². The molecule has 78 valence electrons. The molecule has 0 heterocycles. The van der Waals surface area contributed by atoms with E-state index in [0.717, 1.165) is 5.70 Å². The molecule has 1 aliphatic carbocycles. The maximum absolute atomic E-state index is 10.7. The average Bonchev–Trinajstić information content (AvgIpc) is 2.18. The molecule has 14 heavy (non-hydrogen) atoms. The van der Waals surface area contributed by atoms with E-state index < -0.39 is 11.5 Å². The highest BCUT2D eigenvalue weighted by atomic mass is 16.4. The molecule has 1 atom stereocenters. The van der Waals surface area contributed by atoms with Crippen molar-refractivity contribution in [2.75, 3.05) is 14.1 Å². The van der Waals surface area contributed by atoms with E-state index in [9.17, 15) is 4.79 Å². The molecule has 0 aliphatic heterocycles. The van der Waals surface area contributed by atoms with Gasteiger partial charge in [0.15, 0.2) is 0 Å². The minimum atomic E-state index is -0.787. The van der Waals surface area contributed by atoms with Crippen LogP contribution in [0.5, 0.6) is 0 Å². The number of hydrogen-bond acceptors (Lipinski definition) is 3. The van der Waals surface area contributed by atoms with Gasteiger partial charge in [-0.1, -0.05) is 12.2 Å². The maximum atomic E-state index is 10.7. The lowest BCUT2D eigenvalue weighted by atomic mass is 9.87. The molecule has 4 heteroatoms. The first-order valence-corrected chi connectivity index (χ1v) is 4.60. The third-order valence-corrected chi connectivity index (χ3v) is 2.52. The third kappa shape index (κ3) is 2.35. The fraction of sp³-hybridized carbons (Fsp3) is 0.500. The number of hydrogen-bond donors (Lipinski definition) is 3. The second kappa shape index (κ2) is 4.28. The Balaban J connectivity index is 2.72. The van der Waals surface area contributed by atoms with E-state index in [1.165, 1.54) is 0 Å². The van der Waals surface area contributed by atoms with Gasteiger partial charge in [-0.05, 0) is 19.5 Å². The van der Waals surface area contributed by atoms with Gasteiger partial charge in [0.05, 0.1) is 12.0 Å². The zero-order valence-electron chi connectivity index (χ0n) is 8.50. The van der Waals surface area contributed by atoms with Crippen LogP contribution in [0.25, 0.3) is 0 Å². The fourth-order valence-corrected chi connectivity index (χ4v) is 1.54. The highest BCUT2D eigenvalue weighted by Gasteiger charge is 2.28. The molecule has 0 spiro atoms. The van der Waals surface area contributed by atoms with E-state index in [0.29, 0.717) is 6.42 Å². The van der Waals surface area contributed by atoms with E-state index in [1.54, 1.807) is 7.05 Å². The molecule has 3 N–H and O–H groups in total. The molecule has 0 fully saturated rings. The van der Waals surface area contributed by atoms with Crippen LogP contribution in [0.4, 0.5) is 0 Å². The van der Waals surface area contributed by atoms with E-state index in [-0.39, 0.29) is 6.42 Å². The summed E-state index contributed by atoms with van der Waals surface area (Å²) in [7, 11) is 3.63. The summed E-state index contributed by atoms with van der Waals surface area (Å²) < 4.78 is 0. The standard InChI is InChI=1S/C10H16N2O2/c1-11-8-3-5-10(12-2,6-4-8)7-9(13)14/h3-5,11-12H,6-7H2,1-2H3,(H,13,14). The van der Waals surface area contributed by atoms with Gasteiger partial charge in [0.25, 0.3) is 0 Å². The van der Waals surface area contributed by atoms with Gasteiger partial charge < -0.3 is 15.7 Å². The predicted octanol–water partition coefficient (Wildman–Crippen LogP) is 0.483. The van der Waals surface area contributed by atoms with Gasteiger partial charge in [-0.25, -0.2) is 0 Å². The van der Waals surface area contributed by atoms with Crippen molar-refractivity contribution in [1.29, 1.82) is 0 Å². The highest BCUT2D eigenvalue weighted by Crippen LogP contribution is 2.23. The van der Waals surface area contributed by atoms with Crippen LogP contribution >= 0.6 is 0 Å². The molecule has 0 aromatic carbocycles. The quantitative estimate of drug-likeness (QED) is 0.612. The van der Waals surface area contributed by atoms with Crippen molar-refractivity contribution in [2.45, 2.75) is 18.4 Å². The molecule has 1 aliphatic rings. The van der Waals surface area contributed by atoms with Crippen LogP contribution in [0.2, 0.25) is 0 Å². The zero-order chi connectivity index (χ0) is 10.6. The Hall–Kier alpha value is -1.29. The Bertz CT molecular complexity index is 284. The summed E-state index contributed by atoms with van der Waals surface area (Å²) in [5.41, 5.74) is 0.605. The van der Waals surface area contributed by atoms with Crippen LogP contribution < -0.4 is 10.6 Å². The number of carboxylic acids is 1. The first kappa shape index (κ1) is 10.8. The molecule has 4 nitrogen and oxygen atoms in total. The van der Waals surface area contributed by atoms with Crippen molar-refractivity contribution < 1.29 is 9.90 Å². The van der Waals surface area contributed by atoms with E-state index in [4.69, 9.17) is 5.11 Å². The highest BCUT2D eigenvalue weighted by molar-refractivity contribution is 5.69. The molecule has 1 unspecified atom stereocenters. The van der Waals surface area contributed by atoms with Crippen LogP contribution in [-0.2, 0) is 4.79 Å². The molecule has 0 aromatic rings. The van der Waals surface area contributed by atoms with Crippen molar-refractivity contribution >= 4 is 5.97 Å². The Morgan fingerprint density at radius 2 is 2.36 bits per heavy atom. The molecule has 0 bridgehead atoms. The van der Waals surface area contributed by atoms with Crippen molar-refractivity contribution in [3.05, 3.63) is 23.9 Å². The Kier molecular flexibility index (Phi) is 3.30. The second-order valence-electron chi connectivity index (χ2n) is 3.42. The normalized spacial score (nSPS) is 25.7. The van der Waals surface area contributed by atoms with Crippen LogP contribution in [0.15, 0.2) is 23.9 Å². The predicted molar refractivity (Wildman–Crippen MR) is 54.9 cm³/mol. The molecule has 0 aromatic heterocycles. The van der Waals surface area contributed by atoms with Crippen molar-refractivity contribution in [2.24, 2.45) is 0 Å². The van der Waals surface area contributed by atoms with Crippen molar-refractivity contribution in [1.82, 2.24) is 10.6 Å². The summed E-state index contributed by atoms with van der Waals surface area (Å²) >= 11 is 0. The fourth-order valence-electron chi connectivity index (χ4n) is 1.54. The van der Waals surface area contributed by atoms with Crippen LogP contribution in [0.3, 0.4) is 0 Å². The summed E-state index contributed by atoms with van der Waals surface area (Å²) in [6.07, 6.45) is 6.62. The van der Waals surface area contributed by atoms with Gasteiger partial charge >= 0.3 is 5.97 Å². The van der Waals surface area contributed by atoms with Gasteiger partial charge in [-0.2, -0.15) is 0 Å². The Morgan fingerprint density at radius 3 is 2.71 bits per heavy atom. The molecule has 0 radical (unpaired) electrons. The number of carbonyl (C=O) groups is 1. The SMILES string of the molecule is CNC1=CCC(CC(=O)O)(NC)C=C1. The van der Waals surface area contributed by atoms with Gasteiger partial charge in [-0.15, -0.1) is 0 Å². The molecule has 0 saturated carbocycles. The van der Waals surface area contributed by atoms with E-state index in [1.807, 2.05) is 25.3 Å². The molecule has 1 rings (SSSR count). The van der Waals surface area contributed by atoms with E-state index in [2.05, 4.69) is 10.6 Å². The lowest BCUT2D eigenvalue weighted by Crippen LogP contribution is -2.43. The second-order valence-corrected chi connectivity index (χ2v) is 3.42. The maximum Gasteiger partial charge on any atom is 0.305 e. The molecule has 0 saturated heterocycles. The van der Waals surface area contributed by atoms with E-state index >= 15 is 0 Å². The topological polar surface area (TPSA) is 61.4 Å². The Labute approximate surface area is 83.7 Å². The largest absolute Gasteiger partial charge is 0.481 e. The number of likely N-dealkylation sites (N-methyl/N-ethyl adjacent to an activating group) is 2. The van der Waals surface area contributed by atoms with Gasteiger partial charge in [0.1, 0.15) is 0 Å². The summed E-state index contributed by atoms with van der Waals surface area (Å²) in [5.74, 6) is -0.787. The number of allylic oxidation sites excluding steroid dienone is 1. The minimum Gasteiger partial charge on any atom is -0.481 e. The first-order valence-electron chi connectivity index (χ1n) is 4.60. The molecule has 0 amide bonds. The lowest BCUT2D eigenvalue weighted by Gasteiger charge is -2.30. The summed E-state index contributed by atoms with van der Waals surface area (Å²) in [6, 6.07) is 0. The molecular formula is C10H16N2O2. The van der Waals surface area contributed by atoms with Crippen LogP contribution in [0, 0.1) is 0 Å². The monoisotopic (exact) mass is 196 g/mol. The average molecular weight is 196 g/mol. The van der Waals surface area contributed by atoms with Crippen molar-refractivity contribution in [3.8, 4) is 0 Å². The van der Waals surface area contributed by atoms with Crippen LogP contribution in [-0.4, -0.2) is 30.7 Å². The van der Waals surface area contributed by atoms with Gasteiger partial charge in [0, 0.05) is 12.7 Å². The lowest BCUT2D eigenvalue weighted by molar-refractivity contribution is -0.138. The minimum absolute atomic E-state index is 0.105. The van der Waals surface area contributed by atoms with Gasteiger partial charge in [0.2, 0.25) is 0 Å². The number of rotatable bonds is 4. The third-order valence-electron chi connectivity index (χ3n) is 2.52. The summed E-state index contributed by atoms with van der Waals surface area (Å²) in [6.45, 7) is 0. The number of nitrogens with one attached hydrogen (secondary N) is 2. The zero-order valence-corrected chi connectivity index (χ0v) is 8.50. The summed E-state index contributed by atoms with van der Waals surface area (Å²) in [5, 5.41) is 14.8. The summed E-state index contributed by atoms with van der Waals surface area (Å²) in [4.78, 5) is 10.7. The van der Waals surface area contributed by atoms with Crippen LogP contribution in [0.1, 0.15) is 12.8 Å². The first-order chi connectivity index (χ1) is 6.62. The van der Waals surface area contributed by atoms with Gasteiger partial charge in [-0.3, -0.25) is 4.79 Å². The smallest absolute Gasteiger partial charge is 0.305 e. The molecular weight excluding hydrogens is 180 g/mol. The number of aliphatic carboxylic acids is 1.